The Morgan fingerprint density at radius 2 is 2.03 bits per heavy atom. The number of fused-ring (bicyclic) bond motifs is 1. The normalized spacial score (nSPS) is 15.5. The van der Waals surface area contributed by atoms with Crippen molar-refractivity contribution in [2.45, 2.75) is 58.0 Å². The molecule has 1 atom stereocenters. The van der Waals surface area contributed by atoms with E-state index in [1.165, 1.54) is 11.1 Å². The topological polar surface area (TPSA) is 82.8 Å². The van der Waals surface area contributed by atoms with Crippen LogP contribution in [0.25, 0.3) is 10.9 Å². The molecule has 1 saturated carbocycles. The van der Waals surface area contributed by atoms with Gasteiger partial charge in [-0.05, 0) is 62.6 Å². The van der Waals surface area contributed by atoms with E-state index >= 15 is 0 Å². The Kier molecular flexibility index (Phi) is 7.77. The molecular formula is C26H28BrN3O4. The van der Waals surface area contributed by atoms with Gasteiger partial charge in [-0.25, -0.2) is 9.78 Å². The zero-order chi connectivity index (χ0) is 24.1. The summed E-state index contributed by atoms with van der Waals surface area (Å²) in [5.41, 5.74) is 1.24. The minimum Gasteiger partial charge on any atom is -0.479 e. The van der Waals surface area contributed by atoms with Gasteiger partial charge < -0.3 is 9.47 Å². The predicted molar refractivity (Wildman–Crippen MR) is 136 cm³/mol. The standard InChI is InChI=1S/C26H28BrN3O4/c1-3-33-26(32)17(2)34-21-11-7-8-18(14-21)16-28-30-24(19-9-5-4-6-10-19)29-23-13-12-20(27)15-22(23)25(30)31/h7-8,11-17,19H,3-6,9-10H2,1-2H3/t17-/m0/s1. The third kappa shape index (κ3) is 5.55. The van der Waals surface area contributed by atoms with Gasteiger partial charge >= 0.3 is 5.97 Å². The van der Waals surface area contributed by atoms with Crippen LogP contribution in [0, 0.1) is 0 Å². The van der Waals surface area contributed by atoms with Crippen molar-refractivity contribution in [3.8, 4) is 5.75 Å². The highest BCUT2D eigenvalue weighted by molar-refractivity contribution is 9.10. The first kappa shape index (κ1) is 24.1. The molecule has 0 bridgehead atoms. The maximum atomic E-state index is 13.4. The van der Waals surface area contributed by atoms with Crippen LogP contribution in [-0.2, 0) is 9.53 Å². The van der Waals surface area contributed by atoms with Gasteiger partial charge in [0, 0.05) is 10.4 Å². The average molecular weight is 526 g/mol. The van der Waals surface area contributed by atoms with Crippen LogP contribution in [0.1, 0.15) is 63.3 Å². The molecule has 4 rings (SSSR count). The lowest BCUT2D eigenvalue weighted by molar-refractivity contribution is -0.150. The van der Waals surface area contributed by atoms with Gasteiger partial charge in [-0.2, -0.15) is 9.78 Å². The molecule has 0 amide bonds. The first-order valence-electron chi connectivity index (χ1n) is 11.7. The van der Waals surface area contributed by atoms with Gasteiger partial charge in [0.2, 0.25) is 0 Å². The number of carbonyl (C=O) groups excluding carboxylic acids is 1. The van der Waals surface area contributed by atoms with Gasteiger partial charge in [0.1, 0.15) is 11.6 Å². The minimum atomic E-state index is -0.726. The number of carbonyl (C=O) groups is 1. The van der Waals surface area contributed by atoms with Crippen molar-refractivity contribution in [1.29, 1.82) is 0 Å². The summed E-state index contributed by atoms with van der Waals surface area (Å²) in [6.07, 6.45) is 6.36. The fourth-order valence-electron chi connectivity index (χ4n) is 4.21. The summed E-state index contributed by atoms with van der Waals surface area (Å²) in [4.78, 5) is 30.2. The molecule has 1 heterocycles. The molecule has 34 heavy (non-hydrogen) atoms. The third-order valence-corrected chi connectivity index (χ3v) is 6.41. The number of rotatable bonds is 7. The Bertz CT molecular complexity index is 1260. The zero-order valence-corrected chi connectivity index (χ0v) is 21.0. The van der Waals surface area contributed by atoms with Gasteiger partial charge in [-0.15, -0.1) is 0 Å². The lowest BCUT2D eigenvalue weighted by atomic mass is 9.88. The molecule has 7 nitrogen and oxygen atoms in total. The highest BCUT2D eigenvalue weighted by atomic mass is 79.9. The Morgan fingerprint density at radius 1 is 1.24 bits per heavy atom. The molecule has 1 aromatic heterocycles. The number of benzene rings is 2. The molecule has 0 spiro atoms. The van der Waals surface area contributed by atoms with Crippen molar-refractivity contribution in [1.82, 2.24) is 9.66 Å². The first-order chi connectivity index (χ1) is 16.5. The van der Waals surface area contributed by atoms with Crippen LogP contribution in [0.4, 0.5) is 0 Å². The molecule has 2 aromatic carbocycles. The van der Waals surface area contributed by atoms with E-state index in [9.17, 15) is 9.59 Å². The van der Waals surface area contributed by atoms with E-state index in [0.717, 1.165) is 35.7 Å². The van der Waals surface area contributed by atoms with Gasteiger partial charge in [-0.1, -0.05) is 47.3 Å². The van der Waals surface area contributed by atoms with Gasteiger partial charge in [0.25, 0.3) is 5.56 Å². The van der Waals surface area contributed by atoms with Crippen molar-refractivity contribution >= 4 is 39.0 Å². The van der Waals surface area contributed by atoms with E-state index in [-0.39, 0.29) is 11.5 Å². The maximum absolute atomic E-state index is 13.4. The minimum absolute atomic E-state index is 0.188. The number of esters is 1. The van der Waals surface area contributed by atoms with Crippen molar-refractivity contribution in [2.24, 2.45) is 5.10 Å². The van der Waals surface area contributed by atoms with Gasteiger partial charge in [-0.3, -0.25) is 4.79 Å². The zero-order valence-electron chi connectivity index (χ0n) is 19.4. The number of ether oxygens (including phenoxy) is 2. The highest BCUT2D eigenvalue weighted by Crippen LogP contribution is 2.32. The molecule has 0 N–H and O–H groups in total. The summed E-state index contributed by atoms with van der Waals surface area (Å²) in [5, 5.41) is 5.09. The van der Waals surface area contributed by atoms with Crippen molar-refractivity contribution in [3.63, 3.8) is 0 Å². The molecule has 1 aliphatic carbocycles. The van der Waals surface area contributed by atoms with Crippen LogP contribution in [-0.4, -0.2) is 34.6 Å². The Morgan fingerprint density at radius 3 is 2.79 bits per heavy atom. The molecule has 0 saturated heterocycles. The second-order valence-corrected chi connectivity index (χ2v) is 9.33. The Balaban J connectivity index is 1.68. The summed E-state index contributed by atoms with van der Waals surface area (Å²) in [7, 11) is 0. The Labute approximate surface area is 206 Å². The van der Waals surface area contributed by atoms with Crippen LogP contribution in [0.15, 0.2) is 56.8 Å². The van der Waals surface area contributed by atoms with Crippen LogP contribution in [0.5, 0.6) is 5.75 Å². The fourth-order valence-corrected chi connectivity index (χ4v) is 4.57. The predicted octanol–water partition coefficient (Wildman–Crippen LogP) is 5.42. The third-order valence-electron chi connectivity index (χ3n) is 5.92. The van der Waals surface area contributed by atoms with Crippen LogP contribution >= 0.6 is 15.9 Å². The number of nitrogens with zero attached hydrogens (tertiary/aromatic N) is 3. The maximum Gasteiger partial charge on any atom is 0.347 e. The molecular weight excluding hydrogens is 498 g/mol. The second-order valence-electron chi connectivity index (χ2n) is 8.41. The second kappa shape index (κ2) is 11.0. The van der Waals surface area contributed by atoms with Crippen molar-refractivity contribution in [2.75, 3.05) is 6.61 Å². The van der Waals surface area contributed by atoms with E-state index in [4.69, 9.17) is 14.5 Å². The van der Waals surface area contributed by atoms with Crippen LogP contribution < -0.4 is 10.3 Å². The molecule has 178 valence electrons. The van der Waals surface area contributed by atoms with Crippen molar-refractivity contribution < 1.29 is 14.3 Å². The van der Waals surface area contributed by atoms with E-state index < -0.39 is 12.1 Å². The summed E-state index contributed by atoms with van der Waals surface area (Å²) >= 11 is 3.45. The SMILES string of the molecule is CCOC(=O)[C@H](C)Oc1cccc(C=Nn2c(C3CCCCC3)nc3ccc(Br)cc3c2=O)c1. The number of aromatic nitrogens is 2. The molecule has 1 aliphatic rings. The summed E-state index contributed by atoms with van der Waals surface area (Å²) < 4.78 is 13.0. The summed E-state index contributed by atoms with van der Waals surface area (Å²) in [6, 6.07) is 12.8. The number of hydrogen-bond acceptors (Lipinski definition) is 6. The highest BCUT2D eigenvalue weighted by Gasteiger charge is 2.22. The summed E-state index contributed by atoms with van der Waals surface area (Å²) in [6.45, 7) is 3.70. The van der Waals surface area contributed by atoms with Gasteiger partial charge in [0.05, 0.1) is 23.7 Å². The molecule has 0 radical (unpaired) electrons. The summed E-state index contributed by atoms with van der Waals surface area (Å²) in [5.74, 6) is 1.01. The van der Waals surface area contributed by atoms with Crippen molar-refractivity contribution in [3.05, 3.63) is 68.7 Å². The molecule has 1 fully saturated rings. The number of hydrogen-bond donors (Lipinski definition) is 0. The Hall–Kier alpha value is -3.00. The van der Waals surface area contributed by atoms with E-state index in [1.54, 1.807) is 38.3 Å². The van der Waals surface area contributed by atoms with Gasteiger partial charge in [0.15, 0.2) is 6.10 Å². The molecule has 0 aliphatic heterocycles. The lowest BCUT2D eigenvalue weighted by Gasteiger charge is -2.22. The smallest absolute Gasteiger partial charge is 0.347 e. The first-order valence-corrected chi connectivity index (χ1v) is 12.5. The van der Waals surface area contributed by atoms with E-state index in [1.807, 2.05) is 24.3 Å². The average Bonchev–Trinajstić information content (AvgIpc) is 2.84. The fraction of sp³-hybridized carbons (Fsp3) is 0.385. The largest absolute Gasteiger partial charge is 0.479 e. The molecule has 3 aromatic rings. The molecule has 8 heteroatoms. The quantitative estimate of drug-likeness (QED) is 0.303. The monoisotopic (exact) mass is 525 g/mol. The van der Waals surface area contributed by atoms with Crippen LogP contribution in [0.2, 0.25) is 0 Å². The van der Waals surface area contributed by atoms with E-state index in [2.05, 4.69) is 21.0 Å². The lowest BCUT2D eigenvalue weighted by Crippen LogP contribution is -2.26. The van der Waals surface area contributed by atoms with E-state index in [0.29, 0.717) is 29.1 Å². The molecule has 0 unspecified atom stereocenters. The number of halogens is 1. The van der Waals surface area contributed by atoms with Crippen LogP contribution in [0.3, 0.4) is 0 Å².